The molecule has 0 saturated carbocycles. The molecule has 2 heterocycles. The summed E-state index contributed by atoms with van der Waals surface area (Å²) in [5.41, 5.74) is 3.36. The highest BCUT2D eigenvalue weighted by atomic mass is 16.2. The van der Waals surface area contributed by atoms with Gasteiger partial charge in [-0.2, -0.15) is 5.10 Å². The van der Waals surface area contributed by atoms with Gasteiger partial charge in [-0.15, -0.1) is 0 Å². The van der Waals surface area contributed by atoms with E-state index in [1.165, 1.54) is 11.8 Å². The molecule has 3 aromatic rings. The molecule has 0 aliphatic carbocycles. The summed E-state index contributed by atoms with van der Waals surface area (Å²) < 4.78 is 1.74. The summed E-state index contributed by atoms with van der Waals surface area (Å²) in [4.78, 5) is 20.4. The van der Waals surface area contributed by atoms with Gasteiger partial charge in [-0.3, -0.25) is 9.78 Å². The summed E-state index contributed by atoms with van der Waals surface area (Å²) in [6.45, 7) is 4.46. The van der Waals surface area contributed by atoms with Crippen LogP contribution < -0.4 is 5.32 Å². The van der Waals surface area contributed by atoms with Crippen LogP contribution in [0.5, 0.6) is 0 Å². The molecule has 3 rings (SSSR count). The highest BCUT2D eigenvalue weighted by Crippen LogP contribution is 2.12. The van der Waals surface area contributed by atoms with Crippen LogP contribution in [0.3, 0.4) is 0 Å². The smallest absolute Gasteiger partial charge is 0.277 e. The second kappa shape index (κ2) is 6.39. The maximum absolute atomic E-state index is 12.2. The molecule has 23 heavy (non-hydrogen) atoms. The number of nitrogens with zero attached hydrogens (tertiary/aromatic N) is 4. The third-order valence-corrected chi connectivity index (χ3v) is 3.39. The van der Waals surface area contributed by atoms with Gasteiger partial charge >= 0.3 is 0 Å². The SMILES string of the molecule is Cc1cccc(Cn2nccc2NC(=O)c2cnc(C)cn2)c1. The Bertz CT molecular complexity index is 823. The fraction of sp³-hybridized carbons (Fsp3) is 0.176. The quantitative estimate of drug-likeness (QED) is 0.804. The molecular formula is C17H17N5O. The van der Waals surface area contributed by atoms with E-state index in [1.807, 2.05) is 32.0 Å². The van der Waals surface area contributed by atoms with Crippen molar-refractivity contribution in [3.63, 3.8) is 0 Å². The molecule has 0 radical (unpaired) electrons. The van der Waals surface area contributed by atoms with Crippen molar-refractivity contribution in [3.05, 3.63) is 71.4 Å². The molecule has 116 valence electrons. The largest absolute Gasteiger partial charge is 0.305 e. The molecule has 6 heteroatoms. The van der Waals surface area contributed by atoms with Gasteiger partial charge < -0.3 is 5.32 Å². The van der Waals surface area contributed by atoms with Gasteiger partial charge in [0, 0.05) is 12.3 Å². The molecule has 6 nitrogen and oxygen atoms in total. The van der Waals surface area contributed by atoms with Crippen molar-refractivity contribution in [3.8, 4) is 0 Å². The molecule has 1 N–H and O–H groups in total. The number of hydrogen-bond donors (Lipinski definition) is 1. The van der Waals surface area contributed by atoms with Crippen molar-refractivity contribution in [2.45, 2.75) is 20.4 Å². The Morgan fingerprint density at radius 3 is 2.78 bits per heavy atom. The molecule has 2 aromatic heterocycles. The number of benzene rings is 1. The van der Waals surface area contributed by atoms with E-state index in [2.05, 4.69) is 26.4 Å². The van der Waals surface area contributed by atoms with Crippen molar-refractivity contribution < 1.29 is 4.79 Å². The van der Waals surface area contributed by atoms with E-state index in [-0.39, 0.29) is 11.6 Å². The van der Waals surface area contributed by atoms with Crippen molar-refractivity contribution in [2.24, 2.45) is 0 Å². The van der Waals surface area contributed by atoms with E-state index in [4.69, 9.17) is 0 Å². The number of anilines is 1. The van der Waals surface area contributed by atoms with Crippen LogP contribution in [0.2, 0.25) is 0 Å². The highest BCUT2D eigenvalue weighted by molar-refractivity contribution is 6.02. The molecule has 1 aromatic carbocycles. The topological polar surface area (TPSA) is 72.7 Å². The minimum atomic E-state index is -0.302. The van der Waals surface area contributed by atoms with Crippen LogP contribution in [-0.4, -0.2) is 25.7 Å². The van der Waals surface area contributed by atoms with Crippen molar-refractivity contribution in [1.29, 1.82) is 0 Å². The first-order valence-corrected chi connectivity index (χ1v) is 7.29. The van der Waals surface area contributed by atoms with Crippen LogP contribution >= 0.6 is 0 Å². The number of aryl methyl sites for hydroxylation is 2. The maximum atomic E-state index is 12.2. The number of carbonyl (C=O) groups excluding carboxylic acids is 1. The number of carbonyl (C=O) groups is 1. The summed E-state index contributed by atoms with van der Waals surface area (Å²) in [5, 5.41) is 7.09. The van der Waals surface area contributed by atoms with Crippen LogP contribution in [0.1, 0.15) is 27.3 Å². The van der Waals surface area contributed by atoms with Gasteiger partial charge in [-0.25, -0.2) is 9.67 Å². The number of aromatic nitrogens is 4. The average molecular weight is 307 g/mol. The Labute approximate surface area is 134 Å². The predicted octanol–water partition coefficient (Wildman–Crippen LogP) is 2.59. The third-order valence-electron chi connectivity index (χ3n) is 3.39. The Kier molecular flexibility index (Phi) is 4.14. The monoisotopic (exact) mass is 307 g/mol. The summed E-state index contributed by atoms with van der Waals surface area (Å²) in [6.07, 6.45) is 4.69. The van der Waals surface area contributed by atoms with Crippen molar-refractivity contribution >= 4 is 11.7 Å². The normalized spacial score (nSPS) is 10.5. The number of rotatable bonds is 4. The average Bonchev–Trinajstić information content (AvgIpc) is 2.95. The van der Waals surface area contributed by atoms with Gasteiger partial charge in [0.1, 0.15) is 11.5 Å². The fourth-order valence-electron chi connectivity index (χ4n) is 2.24. The lowest BCUT2D eigenvalue weighted by Crippen LogP contribution is -2.17. The first-order valence-electron chi connectivity index (χ1n) is 7.29. The highest BCUT2D eigenvalue weighted by Gasteiger charge is 2.11. The Balaban J connectivity index is 1.75. The maximum Gasteiger partial charge on any atom is 0.277 e. The molecule has 0 spiro atoms. The summed E-state index contributed by atoms with van der Waals surface area (Å²) >= 11 is 0. The Morgan fingerprint density at radius 2 is 2.04 bits per heavy atom. The lowest BCUT2D eigenvalue weighted by molar-refractivity contribution is 0.102. The first kappa shape index (κ1) is 14.9. The van der Waals surface area contributed by atoms with E-state index in [0.717, 1.165) is 11.3 Å². The van der Waals surface area contributed by atoms with Crippen LogP contribution in [0.15, 0.2) is 48.9 Å². The molecule has 0 saturated heterocycles. The van der Waals surface area contributed by atoms with Crippen LogP contribution in [0.25, 0.3) is 0 Å². The molecular weight excluding hydrogens is 290 g/mol. The van der Waals surface area contributed by atoms with Crippen molar-refractivity contribution in [1.82, 2.24) is 19.7 Å². The van der Waals surface area contributed by atoms with E-state index >= 15 is 0 Å². The number of hydrogen-bond acceptors (Lipinski definition) is 4. The van der Waals surface area contributed by atoms with Crippen molar-refractivity contribution in [2.75, 3.05) is 5.32 Å². The number of nitrogens with one attached hydrogen (secondary N) is 1. The van der Waals surface area contributed by atoms with Crippen LogP contribution in [0, 0.1) is 13.8 Å². The molecule has 0 atom stereocenters. The van der Waals surface area contributed by atoms with Crippen LogP contribution in [-0.2, 0) is 6.54 Å². The standard InChI is InChI=1S/C17H17N5O/c1-12-4-3-5-14(8-12)11-22-16(6-7-20-22)21-17(23)15-10-18-13(2)9-19-15/h3-10H,11H2,1-2H3,(H,21,23). The Morgan fingerprint density at radius 1 is 1.17 bits per heavy atom. The van der Waals surface area contributed by atoms with E-state index < -0.39 is 0 Å². The zero-order chi connectivity index (χ0) is 16.2. The van der Waals surface area contributed by atoms with Crippen LogP contribution in [0.4, 0.5) is 5.82 Å². The molecule has 0 unspecified atom stereocenters. The van der Waals surface area contributed by atoms with Gasteiger partial charge in [0.25, 0.3) is 5.91 Å². The fourth-order valence-corrected chi connectivity index (χ4v) is 2.24. The predicted molar refractivity (Wildman–Crippen MR) is 87.2 cm³/mol. The summed E-state index contributed by atoms with van der Waals surface area (Å²) in [7, 11) is 0. The van der Waals surface area contributed by atoms with E-state index in [9.17, 15) is 4.79 Å². The molecule has 1 amide bonds. The zero-order valence-electron chi connectivity index (χ0n) is 13.0. The zero-order valence-corrected chi connectivity index (χ0v) is 13.0. The lowest BCUT2D eigenvalue weighted by Gasteiger charge is -2.09. The summed E-state index contributed by atoms with van der Waals surface area (Å²) in [6, 6.07) is 9.94. The number of amides is 1. The second-order valence-corrected chi connectivity index (χ2v) is 5.36. The van der Waals surface area contributed by atoms with Gasteiger partial charge in [-0.05, 0) is 19.4 Å². The minimum absolute atomic E-state index is 0.277. The van der Waals surface area contributed by atoms with Gasteiger partial charge in [0.05, 0.1) is 24.6 Å². The van der Waals surface area contributed by atoms with E-state index in [1.54, 1.807) is 23.1 Å². The van der Waals surface area contributed by atoms with Gasteiger partial charge in [0.15, 0.2) is 0 Å². The molecule has 0 bridgehead atoms. The minimum Gasteiger partial charge on any atom is -0.305 e. The van der Waals surface area contributed by atoms with Gasteiger partial charge in [-0.1, -0.05) is 29.8 Å². The van der Waals surface area contributed by atoms with E-state index in [0.29, 0.717) is 12.4 Å². The Hall–Kier alpha value is -3.02. The van der Waals surface area contributed by atoms with Gasteiger partial charge in [0.2, 0.25) is 0 Å². The first-order chi connectivity index (χ1) is 11.1. The molecule has 0 fully saturated rings. The lowest BCUT2D eigenvalue weighted by atomic mass is 10.1. The summed E-state index contributed by atoms with van der Waals surface area (Å²) in [5.74, 6) is 0.322. The molecule has 0 aliphatic rings. The molecule has 0 aliphatic heterocycles. The second-order valence-electron chi connectivity index (χ2n) is 5.36. The third kappa shape index (κ3) is 3.60.